The summed E-state index contributed by atoms with van der Waals surface area (Å²) in [4.78, 5) is 123. The number of ether oxygens (including phenoxy) is 1. The summed E-state index contributed by atoms with van der Waals surface area (Å²) in [7, 11) is 3.10. The van der Waals surface area contributed by atoms with Gasteiger partial charge in [-0.2, -0.15) is 0 Å². The van der Waals surface area contributed by atoms with Gasteiger partial charge >= 0.3 is 12.1 Å². The molecule has 1 heterocycles. The predicted octanol–water partition coefficient (Wildman–Crippen LogP) is 1.46. The van der Waals surface area contributed by atoms with Crippen LogP contribution in [0.1, 0.15) is 75.5 Å². The van der Waals surface area contributed by atoms with E-state index in [4.69, 9.17) is 16.2 Å². The van der Waals surface area contributed by atoms with E-state index in [2.05, 4.69) is 36.9 Å². The van der Waals surface area contributed by atoms with Gasteiger partial charge in [-0.25, -0.2) is 4.79 Å². The minimum absolute atomic E-state index is 0.000360. The number of unbranched alkanes of at least 4 members (excludes halogenated alkanes) is 2. The van der Waals surface area contributed by atoms with Crippen LogP contribution in [0.4, 0.5) is 4.79 Å². The maximum Gasteiger partial charge on any atom is 0.414 e. The Hall–Kier alpha value is -7.81. The van der Waals surface area contributed by atoms with Gasteiger partial charge in [-0.15, -0.1) is 0 Å². The van der Waals surface area contributed by atoms with Crippen LogP contribution >= 0.6 is 0 Å². The fraction of sp³-hybridized carbons (Fsp3) is 0.420. The average molecular weight is 983 g/mol. The largest absolute Gasteiger partial charge is 0.481 e. The Kier molecular flexibility index (Phi) is 22.0. The van der Waals surface area contributed by atoms with E-state index >= 15 is 0 Å². The van der Waals surface area contributed by atoms with Crippen LogP contribution < -0.4 is 48.1 Å². The van der Waals surface area contributed by atoms with Crippen molar-refractivity contribution in [1.82, 2.24) is 41.8 Å². The molecule has 0 bridgehead atoms. The fourth-order valence-corrected chi connectivity index (χ4v) is 7.40. The van der Waals surface area contributed by atoms with Crippen molar-refractivity contribution >= 4 is 64.3 Å². The number of amides is 8. The Morgan fingerprint density at radius 3 is 1.80 bits per heavy atom. The third-order valence-electron chi connectivity index (χ3n) is 11.4. The van der Waals surface area contributed by atoms with Gasteiger partial charge in [0.25, 0.3) is 0 Å². The number of hydrogen-bond donors (Lipinski definition) is 10. The molecule has 6 atom stereocenters. The lowest BCUT2D eigenvalue weighted by molar-refractivity contribution is -0.141. The van der Waals surface area contributed by atoms with Gasteiger partial charge in [0.05, 0.1) is 19.0 Å². The molecule has 0 aliphatic heterocycles. The van der Waals surface area contributed by atoms with Crippen LogP contribution in [0.5, 0.6) is 5.75 Å². The van der Waals surface area contributed by atoms with E-state index in [1.807, 2.05) is 32.0 Å². The fourth-order valence-electron chi connectivity index (χ4n) is 7.40. The number of carboxylic acid groups (broad SMARTS) is 1. The zero-order valence-electron chi connectivity index (χ0n) is 40.5. The van der Waals surface area contributed by atoms with Crippen molar-refractivity contribution < 1.29 is 53.0 Å². The molecule has 21 heteroatoms. The molecule has 6 unspecified atom stereocenters. The molecule has 21 nitrogen and oxygen atoms in total. The number of fused-ring (bicyclic) bond motifs is 1. The number of nitrogens with zero attached hydrogens (tertiary/aromatic N) is 1. The van der Waals surface area contributed by atoms with Crippen molar-refractivity contribution in [3.63, 3.8) is 0 Å². The number of nitrogens with two attached hydrogens (primary N) is 2. The summed E-state index contributed by atoms with van der Waals surface area (Å²) in [6.45, 7) is 3.16. The van der Waals surface area contributed by atoms with Gasteiger partial charge in [-0.1, -0.05) is 100 Å². The Labute approximate surface area is 411 Å². The molecular weight excluding hydrogens is 917 g/mol. The first kappa shape index (κ1) is 55.8. The second-order valence-corrected chi connectivity index (χ2v) is 17.3. The molecule has 0 spiro atoms. The smallest absolute Gasteiger partial charge is 0.414 e. The second-order valence-electron chi connectivity index (χ2n) is 17.3. The first-order valence-corrected chi connectivity index (χ1v) is 23.5. The molecule has 0 fully saturated rings. The minimum atomic E-state index is -1.68. The Bertz CT molecular complexity index is 2460. The van der Waals surface area contributed by atoms with E-state index in [9.17, 15) is 48.3 Å². The average Bonchev–Trinajstić information content (AvgIpc) is 3.75. The van der Waals surface area contributed by atoms with Crippen LogP contribution in [0.2, 0.25) is 0 Å². The summed E-state index contributed by atoms with van der Waals surface area (Å²) >= 11 is 0. The lowest BCUT2D eigenvalue weighted by Gasteiger charge is -2.26. The minimum Gasteiger partial charge on any atom is -0.481 e. The number of nitrogens with one attached hydrogen (secondary N) is 7. The van der Waals surface area contributed by atoms with Gasteiger partial charge in [0.15, 0.2) is 0 Å². The lowest BCUT2D eigenvalue weighted by atomic mass is 10.0. The quantitative estimate of drug-likeness (QED) is 0.0387. The molecular formula is C50H66N10O11. The van der Waals surface area contributed by atoms with Crippen molar-refractivity contribution in [1.29, 1.82) is 0 Å². The van der Waals surface area contributed by atoms with Gasteiger partial charge in [-0.3, -0.25) is 38.4 Å². The van der Waals surface area contributed by atoms with Gasteiger partial charge in [0.1, 0.15) is 36.0 Å². The molecule has 382 valence electrons. The van der Waals surface area contributed by atoms with Crippen molar-refractivity contribution in [2.45, 2.75) is 114 Å². The second kappa shape index (κ2) is 28.0. The normalized spacial score (nSPS) is 13.5. The molecule has 71 heavy (non-hydrogen) atoms. The van der Waals surface area contributed by atoms with Gasteiger partial charge in [-0.05, 0) is 54.2 Å². The zero-order chi connectivity index (χ0) is 52.0. The van der Waals surface area contributed by atoms with E-state index in [0.717, 1.165) is 10.9 Å². The topological polar surface area (TPSA) is 326 Å². The third kappa shape index (κ3) is 18.2. The number of aromatic amines is 1. The number of para-hydroxylation sites is 1. The molecule has 8 amide bonds. The number of aromatic nitrogens is 1. The molecule has 0 aliphatic carbocycles. The van der Waals surface area contributed by atoms with Crippen LogP contribution in [-0.2, 0) is 57.6 Å². The molecule has 0 saturated carbocycles. The number of rotatable bonds is 28. The van der Waals surface area contributed by atoms with E-state index < -0.39 is 103 Å². The maximum atomic E-state index is 14.3. The standard InChI is InChI=1S/C50H66N10O11/c1-5-7-17-37(56-45(65)35(51)24-31-20-22-33(23-21-31)71-50(70)60(3)4)46(66)54-29-42(61)55-40(26-32-28-53-36-19-13-12-16-34(32)36)48(68)57-38(18-8-6-2)47(67)59-41(27-43(62)63)49(69)58-39(44(52)64)25-30-14-10-9-11-15-30/h9-16,19-23,28,35,37-41,53H,5-8,17-18,24-27,29,51H2,1-4H3,(H2,52,64)(H,54,66)(H,55,61)(H,56,65)(H,57,68)(H,58,69)(H,59,67)(H,62,63). The molecule has 12 N–H and O–H groups in total. The summed E-state index contributed by atoms with van der Waals surface area (Å²) in [6, 6.07) is 14.7. The monoisotopic (exact) mass is 982 g/mol. The molecule has 1 aromatic heterocycles. The Balaban J connectivity index is 1.47. The van der Waals surface area contributed by atoms with Crippen molar-refractivity contribution in [2.24, 2.45) is 11.5 Å². The Morgan fingerprint density at radius 1 is 0.634 bits per heavy atom. The highest BCUT2D eigenvalue weighted by atomic mass is 16.6. The van der Waals surface area contributed by atoms with Crippen molar-refractivity contribution in [2.75, 3.05) is 20.6 Å². The van der Waals surface area contributed by atoms with Gasteiger partial charge < -0.3 is 63.1 Å². The van der Waals surface area contributed by atoms with Crippen molar-refractivity contribution in [3.05, 3.63) is 102 Å². The highest BCUT2D eigenvalue weighted by Crippen LogP contribution is 2.20. The first-order valence-electron chi connectivity index (χ1n) is 23.5. The molecule has 0 saturated heterocycles. The number of H-pyrrole nitrogens is 1. The van der Waals surface area contributed by atoms with Crippen LogP contribution in [0.25, 0.3) is 10.9 Å². The van der Waals surface area contributed by atoms with E-state index in [-0.39, 0.29) is 32.1 Å². The predicted molar refractivity (Wildman–Crippen MR) is 263 cm³/mol. The highest BCUT2D eigenvalue weighted by Gasteiger charge is 2.33. The number of primary amides is 1. The van der Waals surface area contributed by atoms with Gasteiger partial charge in [0.2, 0.25) is 41.4 Å². The zero-order valence-corrected chi connectivity index (χ0v) is 40.5. The highest BCUT2D eigenvalue weighted by molar-refractivity contribution is 5.98. The van der Waals surface area contributed by atoms with Crippen LogP contribution in [-0.4, -0.2) is 125 Å². The van der Waals surface area contributed by atoms with Crippen molar-refractivity contribution in [3.8, 4) is 5.75 Å². The molecule has 0 radical (unpaired) electrons. The maximum absolute atomic E-state index is 14.3. The van der Waals surface area contributed by atoms with Gasteiger partial charge in [0, 0.05) is 44.0 Å². The van der Waals surface area contributed by atoms with Crippen LogP contribution in [0.3, 0.4) is 0 Å². The number of carbonyl (C=O) groups excluding carboxylic acids is 8. The van der Waals surface area contributed by atoms with E-state index in [0.29, 0.717) is 48.1 Å². The van der Waals surface area contributed by atoms with E-state index in [1.165, 1.54) is 4.90 Å². The molecule has 0 aliphatic rings. The Morgan fingerprint density at radius 2 is 1.18 bits per heavy atom. The summed E-state index contributed by atoms with van der Waals surface area (Å²) in [5, 5.41) is 25.9. The van der Waals surface area contributed by atoms with Crippen LogP contribution in [0.15, 0.2) is 85.1 Å². The summed E-state index contributed by atoms with van der Waals surface area (Å²) < 4.78 is 5.23. The SMILES string of the molecule is CCCCC(NC(=O)C(N)Cc1ccc(OC(=O)N(C)C)cc1)C(=O)NCC(=O)NC(Cc1c[nH]c2ccccc12)C(=O)NC(CCCC)C(=O)NC(CC(=O)O)C(=O)NC(Cc1ccccc1)C(N)=O. The van der Waals surface area contributed by atoms with Crippen LogP contribution in [0, 0.1) is 0 Å². The number of hydrogen-bond acceptors (Lipinski definition) is 11. The molecule has 3 aromatic carbocycles. The summed E-state index contributed by atoms with van der Waals surface area (Å²) in [6.07, 6.45) is 2.83. The lowest BCUT2D eigenvalue weighted by Crippen LogP contribution is -2.59. The van der Waals surface area contributed by atoms with E-state index in [1.54, 1.807) is 81.0 Å². The number of benzene rings is 3. The number of carbonyl (C=O) groups is 9. The molecule has 4 rings (SSSR count). The number of aliphatic carboxylic acids is 1. The number of carboxylic acids is 1. The first-order chi connectivity index (χ1) is 33.9. The summed E-state index contributed by atoms with van der Waals surface area (Å²) in [5.74, 6) is -6.74. The molecule has 4 aromatic rings. The third-order valence-corrected chi connectivity index (χ3v) is 11.4. The summed E-state index contributed by atoms with van der Waals surface area (Å²) in [5.41, 5.74) is 14.6.